The molecule has 0 aliphatic heterocycles. The van der Waals surface area contributed by atoms with Crippen LogP contribution < -0.4 is 4.90 Å². The molecule has 0 bridgehead atoms. The Kier molecular flexibility index (Phi) is 5.86. The quantitative estimate of drug-likeness (QED) is 0.741. The molecule has 126 valence electrons. The van der Waals surface area contributed by atoms with Gasteiger partial charge in [-0.15, -0.1) is 0 Å². The van der Waals surface area contributed by atoms with E-state index in [2.05, 4.69) is 0 Å². The van der Waals surface area contributed by atoms with Crippen LogP contribution in [0.5, 0.6) is 0 Å². The van der Waals surface area contributed by atoms with Crippen LogP contribution in [0.4, 0.5) is 18.9 Å². The van der Waals surface area contributed by atoms with Gasteiger partial charge in [-0.05, 0) is 36.6 Å². The summed E-state index contributed by atoms with van der Waals surface area (Å²) >= 11 is 0. The number of nitrogens with zero attached hydrogens (tertiary/aromatic N) is 2. The van der Waals surface area contributed by atoms with E-state index in [-0.39, 0.29) is 5.56 Å². The van der Waals surface area contributed by atoms with Crippen molar-refractivity contribution < 1.29 is 13.2 Å². The average molecular weight is 332 g/mol. The van der Waals surface area contributed by atoms with Crippen molar-refractivity contribution in [1.29, 1.82) is 5.26 Å². The van der Waals surface area contributed by atoms with E-state index < -0.39 is 11.7 Å². The van der Waals surface area contributed by atoms with Crippen LogP contribution in [0.1, 0.15) is 30.0 Å². The van der Waals surface area contributed by atoms with E-state index in [0.717, 1.165) is 24.5 Å². The second-order valence-electron chi connectivity index (χ2n) is 5.56. The number of hydrogen-bond acceptors (Lipinski definition) is 2. The molecular weight excluding hydrogens is 313 g/mol. The fourth-order valence-corrected chi connectivity index (χ4v) is 2.61. The lowest BCUT2D eigenvalue weighted by Crippen LogP contribution is -2.27. The van der Waals surface area contributed by atoms with Crippen molar-refractivity contribution in [2.45, 2.75) is 25.9 Å². The molecule has 0 fully saturated rings. The maximum absolute atomic E-state index is 13.1. The van der Waals surface area contributed by atoms with Gasteiger partial charge in [0.1, 0.15) is 0 Å². The van der Waals surface area contributed by atoms with Crippen LogP contribution >= 0.6 is 0 Å². The van der Waals surface area contributed by atoms with Crippen LogP contribution in [-0.2, 0) is 12.6 Å². The Morgan fingerprint density at radius 3 is 2.33 bits per heavy atom. The highest BCUT2D eigenvalue weighted by Gasteiger charge is 2.34. The smallest absolute Gasteiger partial charge is 0.371 e. The molecule has 0 aliphatic carbocycles. The van der Waals surface area contributed by atoms with E-state index in [4.69, 9.17) is 5.26 Å². The zero-order valence-electron chi connectivity index (χ0n) is 13.5. The van der Waals surface area contributed by atoms with Crippen molar-refractivity contribution in [3.8, 4) is 6.07 Å². The van der Waals surface area contributed by atoms with Crippen molar-refractivity contribution >= 4 is 5.69 Å². The SMILES string of the molecule is CCCN(CCc1ccccc1)c1ccc(C#N)c(C(F)(F)F)c1. The number of nitriles is 1. The zero-order valence-corrected chi connectivity index (χ0v) is 13.5. The molecule has 0 unspecified atom stereocenters. The molecule has 2 aromatic rings. The second-order valence-corrected chi connectivity index (χ2v) is 5.56. The van der Waals surface area contributed by atoms with Gasteiger partial charge in [0.15, 0.2) is 0 Å². The van der Waals surface area contributed by atoms with Gasteiger partial charge in [-0.25, -0.2) is 0 Å². The Labute approximate surface area is 140 Å². The summed E-state index contributed by atoms with van der Waals surface area (Å²) in [7, 11) is 0. The molecular formula is C19H19F3N2. The van der Waals surface area contributed by atoms with Gasteiger partial charge in [-0.3, -0.25) is 0 Å². The van der Waals surface area contributed by atoms with Crippen molar-refractivity contribution in [3.63, 3.8) is 0 Å². The Balaban J connectivity index is 2.26. The zero-order chi connectivity index (χ0) is 17.6. The molecule has 0 N–H and O–H groups in total. The van der Waals surface area contributed by atoms with E-state index in [1.807, 2.05) is 42.2 Å². The molecule has 24 heavy (non-hydrogen) atoms. The summed E-state index contributed by atoms with van der Waals surface area (Å²) in [5.41, 5.74) is 0.427. The minimum Gasteiger partial charge on any atom is -0.371 e. The van der Waals surface area contributed by atoms with Crippen LogP contribution in [-0.4, -0.2) is 13.1 Å². The molecule has 0 atom stereocenters. The van der Waals surface area contributed by atoms with Crippen molar-refractivity contribution in [2.24, 2.45) is 0 Å². The van der Waals surface area contributed by atoms with Crippen LogP contribution in [0.2, 0.25) is 0 Å². The van der Waals surface area contributed by atoms with E-state index in [1.54, 1.807) is 12.1 Å². The van der Waals surface area contributed by atoms with Crippen LogP contribution in [0, 0.1) is 11.3 Å². The summed E-state index contributed by atoms with van der Waals surface area (Å²) in [5, 5.41) is 8.90. The Morgan fingerprint density at radius 2 is 1.75 bits per heavy atom. The topological polar surface area (TPSA) is 27.0 Å². The third-order valence-electron chi connectivity index (χ3n) is 3.80. The summed E-state index contributed by atoms with van der Waals surface area (Å²) in [6.07, 6.45) is -2.95. The van der Waals surface area contributed by atoms with E-state index in [0.29, 0.717) is 18.8 Å². The molecule has 0 saturated carbocycles. The standard InChI is InChI=1S/C19H19F3N2/c1-2-11-24(12-10-15-6-4-3-5-7-15)17-9-8-16(14-23)18(13-17)19(20,21)22/h3-9,13H,2,10-12H2,1H3. The average Bonchev–Trinajstić information content (AvgIpc) is 2.58. The molecule has 0 amide bonds. The van der Waals surface area contributed by atoms with E-state index in [9.17, 15) is 13.2 Å². The van der Waals surface area contributed by atoms with Crippen LogP contribution in [0.25, 0.3) is 0 Å². The summed E-state index contributed by atoms with van der Waals surface area (Å²) in [4.78, 5) is 1.93. The van der Waals surface area contributed by atoms with Crippen molar-refractivity contribution in [3.05, 3.63) is 65.2 Å². The fraction of sp³-hybridized carbons (Fsp3) is 0.316. The number of hydrogen-bond donors (Lipinski definition) is 0. The maximum atomic E-state index is 13.1. The van der Waals surface area contributed by atoms with Crippen molar-refractivity contribution in [1.82, 2.24) is 0 Å². The molecule has 2 nitrogen and oxygen atoms in total. The van der Waals surface area contributed by atoms with E-state index >= 15 is 0 Å². The van der Waals surface area contributed by atoms with Gasteiger partial charge in [0.2, 0.25) is 0 Å². The Bertz CT molecular complexity index is 703. The Morgan fingerprint density at radius 1 is 1.04 bits per heavy atom. The van der Waals surface area contributed by atoms with Crippen molar-refractivity contribution in [2.75, 3.05) is 18.0 Å². The maximum Gasteiger partial charge on any atom is 0.417 e. The summed E-state index contributed by atoms with van der Waals surface area (Å²) in [6.45, 7) is 3.28. The predicted molar refractivity (Wildman–Crippen MR) is 88.8 cm³/mol. The van der Waals surface area contributed by atoms with Gasteiger partial charge in [0.25, 0.3) is 0 Å². The number of anilines is 1. The predicted octanol–water partition coefficient (Wildman–Crippen LogP) is 5.04. The van der Waals surface area contributed by atoms with Crippen LogP contribution in [0.3, 0.4) is 0 Å². The monoisotopic (exact) mass is 332 g/mol. The first-order valence-corrected chi connectivity index (χ1v) is 7.86. The molecule has 2 rings (SSSR count). The van der Waals surface area contributed by atoms with Gasteiger partial charge < -0.3 is 4.90 Å². The molecule has 0 radical (unpaired) electrons. The highest BCUT2D eigenvalue weighted by atomic mass is 19.4. The first kappa shape index (κ1) is 17.9. The molecule has 0 aliphatic rings. The number of halogens is 3. The lowest BCUT2D eigenvalue weighted by Gasteiger charge is -2.25. The lowest BCUT2D eigenvalue weighted by atomic mass is 10.1. The van der Waals surface area contributed by atoms with Gasteiger partial charge in [0.05, 0.1) is 17.2 Å². The second kappa shape index (κ2) is 7.87. The molecule has 5 heteroatoms. The van der Waals surface area contributed by atoms with E-state index in [1.165, 1.54) is 6.07 Å². The summed E-state index contributed by atoms with van der Waals surface area (Å²) in [5.74, 6) is 0. The molecule has 0 aromatic heterocycles. The number of alkyl halides is 3. The first-order valence-electron chi connectivity index (χ1n) is 7.86. The minimum atomic E-state index is -4.53. The molecule has 0 spiro atoms. The van der Waals surface area contributed by atoms with Crippen LogP contribution in [0.15, 0.2) is 48.5 Å². The largest absolute Gasteiger partial charge is 0.417 e. The third-order valence-corrected chi connectivity index (χ3v) is 3.80. The highest BCUT2D eigenvalue weighted by Crippen LogP contribution is 2.34. The van der Waals surface area contributed by atoms with Gasteiger partial charge in [-0.1, -0.05) is 37.3 Å². The van der Waals surface area contributed by atoms with Gasteiger partial charge >= 0.3 is 6.18 Å². The highest BCUT2D eigenvalue weighted by molar-refractivity contribution is 5.55. The number of benzene rings is 2. The van der Waals surface area contributed by atoms with Gasteiger partial charge in [0, 0.05) is 18.8 Å². The molecule has 2 aromatic carbocycles. The third kappa shape index (κ3) is 4.51. The Hall–Kier alpha value is -2.48. The molecule has 0 heterocycles. The summed E-state index contributed by atoms with van der Waals surface area (Å²) < 4.78 is 39.4. The lowest BCUT2D eigenvalue weighted by molar-refractivity contribution is -0.137. The normalized spacial score (nSPS) is 11.1. The minimum absolute atomic E-state index is 0.342. The van der Waals surface area contributed by atoms with Gasteiger partial charge in [-0.2, -0.15) is 18.4 Å². The molecule has 0 saturated heterocycles. The number of rotatable bonds is 6. The fourth-order valence-electron chi connectivity index (χ4n) is 2.61. The summed E-state index contributed by atoms with van der Waals surface area (Å²) in [6, 6.07) is 15.4. The first-order chi connectivity index (χ1) is 11.5.